The van der Waals surface area contributed by atoms with Crippen LogP contribution in [0.2, 0.25) is 5.02 Å². The van der Waals surface area contributed by atoms with Gasteiger partial charge in [-0.15, -0.1) is 0 Å². The highest BCUT2D eigenvalue weighted by atomic mass is 35.5. The first-order valence-corrected chi connectivity index (χ1v) is 4.92. The summed E-state index contributed by atoms with van der Waals surface area (Å²) in [5.41, 5.74) is 1.83. The Hall–Kier alpha value is -1.55. The smallest absolute Gasteiger partial charge is 0.149 e. The number of hydrogen-bond acceptors (Lipinski definition) is 3. The van der Waals surface area contributed by atoms with Gasteiger partial charge >= 0.3 is 0 Å². The lowest BCUT2D eigenvalue weighted by molar-refractivity contribution is 0.756. The van der Waals surface area contributed by atoms with Crippen LogP contribution >= 0.6 is 11.6 Å². The summed E-state index contributed by atoms with van der Waals surface area (Å²) >= 11 is 5.98. The Balaban J connectivity index is 2.29. The zero-order valence-corrected chi connectivity index (χ0v) is 9.28. The van der Waals surface area contributed by atoms with E-state index in [1.54, 1.807) is 23.0 Å². The number of halogens is 1. The molecule has 0 amide bonds. The second-order valence-corrected chi connectivity index (χ2v) is 3.67. The van der Waals surface area contributed by atoms with Crippen LogP contribution in [-0.2, 0) is 7.05 Å². The van der Waals surface area contributed by atoms with E-state index in [0.717, 1.165) is 11.4 Å². The zero-order valence-electron chi connectivity index (χ0n) is 8.53. The topological polar surface area (TPSA) is 42.7 Å². The van der Waals surface area contributed by atoms with Gasteiger partial charge in [-0.25, -0.2) is 4.98 Å². The van der Waals surface area contributed by atoms with Gasteiger partial charge in [0, 0.05) is 19.4 Å². The molecule has 1 N–H and O–H groups in total. The van der Waals surface area contributed by atoms with E-state index in [1.807, 2.05) is 20.2 Å². The highest BCUT2D eigenvalue weighted by Crippen LogP contribution is 2.23. The predicted molar refractivity (Wildman–Crippen MR) is 60.5 cm³/mol. The Labute approximate surface area is 92.9 Å². The molecule has 0 saturated carbocycles. The lowest BCUT2D eigenvalue weighted by Gasteiger charge is -2.04. The molecule has 0 fully saturated rings. The van der Waals surface area contributed by atoms with E-state index >= 15 is 0 Å². The minimum absolute atomic E-state index is 0.598. The largest absolute Gasteiger partial charge is 0.336 e. The maximum absolute atomic E-state index is 5.98. The van der Waals surface area contributed by atoms with E-state index in [2.05, 4.69) is 15.4 Å². The SMILES string of the molecule is Cc1nn(C)cc1Nc1ncccc1Cl. The van der Waals surface area contributed by atoms with Gasteiger partial charge in [0.15, 0.2) is 0 Å². The molecule has 0 unspecified atom stereocenters. The first-order valence-electron chi connectivity index (χ1n) is 4.54. The molecule has 0 spiro atoms. The molecule has 5 heteroatoms. The molecule has 0 aliphatic carbocycles. The average molecular weight is 223 g/mol. The lowest BCUT2D eigenvalue weighted by Crippen LogP contribution is -1.94. The summed E-state index contributed by atoms with van der Waals surface area (Å²) in [4.78, 5) is 4.14. The molecular formula is C10H11ClN4. The van der Waals surface area contributed by atoms with Crippen molar-refractivity contribution in [2.24, 2.45) is 7.05 Å². The fraction of sp³-hybridized carbons (Fsp3) is 0.200. The van der Waals surface area contributed by atoms with Crippen molar-refractivity contribution in [3.63, 3.8) is 0 Å². The highest BCUT2D eigenvalue weighted by Gasteiger charge is 2.05. The summed E-state index contributed by atoms with van der Waals surface area (Å²) < 4.78 is 1.74. The quantitative estimate of drug-likeness (QED) is 0.849. The Kier molecular flexibility index (Phi) is 2.60. The third kappa shape index (κ3) is 2.10. The molecule has 2 heterocycles. The number of hydrogen-bond donors (Lipinski definition) is 1. The molecule has 0 aliphatic rings. The minimum atomic E-state index is 0.598. The number of aromatic nitrogens is 3. The van der Waals surface area contributed by atoms with Crippen molar-refractivity contribution in [3.8, 4) is 0 Å². The number of anilines is 2. The van der Waals surface area contributed by atoms with Crippen LogP contribution < -0.4 is 5.32 Å². The fourth-order valence-corrected chi connectivity index (χ4v) is 1.50. The van der Waals surface area contributed by atoms with Gasteiger partial charge in [-0.3, -0.25) is 4.68 Å². The van der Waals surface area contributed by atoms with Crippen molar-refractivity contribution >= 4 is 23.1 Å². The number of aryl methyl sites for hydroxylation is 2. The van der Waals surface area contributed by atoms with Gasteiger partial charge in [-0.1, -0.05) is 11.6 Å². The Morgan fingerprint density at radius 3 is 2.87 bits per heavy atom. The summed E-state index contributed by atoms with van der Waals surface area (Å²) in [6.07, 6.45) is 3.58. The fourth-order valence-electron chi connectivity index (χ4n) is 1.33. The zero-order chi connectivity index (χ0) is 10.8. The van der Waals surface area contributed by atoms with Gasteiger partial charge in [0.2, 0.25) is 0 Å². The maximum atomic E-state index is 5.98. The number of nitrogens with one attached hydrogen (secondary N) is 1. The average Bonchev–Trinajstić information content (AvgIpc) is 2.49. The summed E-state index contributed by atoms with van der Waals surface area (Å²) in [5, 5.41) is 7.95. The molecule has 0 saturated heterocycles. The molecule has 78 valence electrons. The first kappa shape index (κ1) is 9.98. The standard InChI is InChI=1S/C10H11ClN4/c1-7-9(6-15(2)14-7)13-10-8(11)4-3-5-12-10/h3-6H,1-2H3,(H,12,13). The molecule has 4 nitrogen and oxygen atoms in total. The summed E-state index contributed by atoms with van der Waals surface area (Å²) in [5.74, 6) is 0.648. The third-order valence-electron chi connectivity index (χ3n) is 2.03. The van der Waals surface area contributed by atoms with Crippen LogP contribution in [0.4, 0.5) is 11.5 Å². The van der Waals surface area contributed by atoms with E-state index in [1.165, 1.54) is 0 Å². The van der Waals surface area contributed by atoms with Crippen molar-refractivity contribution in [2.75, 3.05) is 5.32 Å². The van der Waals surface area contributed by atoms with Crippen molar-refractivity contribution in [3.05, 3.63) is 35.2 Å². The van der Waals surface area contributed by atoms with E-state index in [9.17, 15) is 0 Å². The van der Waals surface area contributed by atoms with Crippen molar-refractivity contribution < 1.29 is 0 Å². The van der Waals surface area contributed by atoms with E-state index in [-0.39, 0.29) is 0 Å². The van der Waals surface area contributed by atoms with Crippen LogP contribution in [0.5, 0.6) is 0 Å². The van der Waals surface area contributed by atoms with Gasteiger partial charge in [-0.05, 0) is 19.1 Å². The summed E-state index contributed by atoms with van der Waals surface area (Å²) in [7, 11) is 1.87. The van der Waals surface area contributed by atoms with Crippen molar-refractivity contribution in [2.45, 2.75) is 6.92 Å². The predicted octanol–water partition coefficient (Wildman–Crippen LogP) is 2.52. The molecule has 2 rings (SSSR count). The Morgan fingerprint density at radius 1 is 1.47 bits per heavy atom. The number of nitrogens with zero attached hydrogens (tertiary/aromatic N) is 3. The highest BCUT2D eigenvalue weighted by molar-refractivity contribution is 6.33. The first-order chi connectivity index (χ1) is 7.16. The van der Waals surface area contributed by atoms with E-state index in [0.29, 0.717) is 10.8 Å². The van der Waals surface area contributed by atoms with Crippen LogP contribution in [0.3, 0.4) is 0 Å². The number of rotatable bonds is 2. The van der Waals surface area contributed by atoms with Crippen molar-refractivity contribution in [1.82, 2.24) is 14.8 Å². The van der Waals surface area contributed by atoms with Gasteiger partial charge in [0.25, 0.3) is 0 Å². The van der Waals surface area contributed by atoms with E-state index in [4.69, 9.17) is 11.6 Å². The normalized spacial score (nSPS) is 10.3. The van der Waals surface area contributed by atoms with Gasteiger partial charge in [0.05, 0.1) is 16.4 Å². The molecule has 2 aromatic rings. The maximum Gasteiger partial charge on any atom is 0.149 e. The summed E-state index contributed by atoms with van der Waals surface area (Å²) in [6.45, 7) is 1.93. The van der Waals surface area contributed by atoms with Crippen LogP contribution in [0.25, 0.3) is 0 Å². The number of pyridine rings is 1. The molecule has 0 radical (unpaired) electrons. The second kappa shape index (κ2) is 3.90. The Morgan fingerprint density at radius 2 is 2.27 bits per heavy atom. The van der Waals surface area contributed by atoms with Crippen LogP contribution in [-0.4, -0.2) is 14.8 Å². The van der Waals surface area contributed by atoms with Crippen molar-refractivity contribution in [1.29, 1.82) is 0 Å². The third-order valence-corrected chi connectivity index (χ3v) is 2.33. The van der Waals surface area contributed by atoms with E-state index < -0.39 is 0 Å². The summed E-state index contributed by atoms with van der Waals surface area (Å²) in [6, 6.07) is 3.59. The van der Waals surface area contributed by atoms with Crippen LogP contribution in [0.15, 0.2) is 24.5 Å². The molecule has 0 atom stereocenters. The molecule has 0 bridgehead atoms. The van der Waals surface area contributed by atoms with Gasteiger partial charge in [0.1, 0.15) is 5.82 Å². The minimum Gasteiger partial charge on any atom is -0.336 e. The lowest BCUT2D eigenvalue weighted by atomic mass is 10.4. The molecule has 0 aromatic carbocycles. The van der Waals surface area contributed by atoms with Gasteiger partial charge in [-0.2, -0.15) is 5.10 Å². The van der Waals surface area contributed by atoms with Gasteiger partial charge < -0.3 is 5.32 Å². The van der Waals surface area contributed by atoms with Crippen LogP contribution in [0, 0.1) is 6.92 Å². The Bertz CT molecular complexity index is 478. The van der Waals surface area contributed by atoms with Crippen LogP contribution in [0.1, 0.15) is 5.69 Å². The molecular weight excluding hydrogens is 212 g/mol. The molecule has 15 heavy (non-hydrogen) atoms. The monoisotopic (exact) mass is 222 g/mol. The molecule has 0 aliphatic heterocycles. The molecule has 2 aromatic heterocycles. The second-order valence-electron chi connectivity index (χ2n) is 3.26.